The summed E-state index contributed by atoms with van der Waals surface area (Å²) < 4.78 is 5.57. The van der Waals surface area contributed by atoms with Crippen LogP contribution in [-0.4, -0.2) is 24.0 Å². The summed E-state index contributed by atoms with van der Waals surface area (Å²) in [4.78, 5) is 24.7. The number of carbonyl (C=O) groups excluding carboxylic acids is 2. The summed E-state index contributed by atoms with van der Waals surface area (Å²) in [5.74, 6) is 1.94. The van der Waals surface area contributed by atoms with Crippen molar-refractivity contribution < 1.29 is 14.3 Å². The van der Waals surface area contributed by atoms with Crippen LogP contribution in [0.15, 0.2) is 0 Å². The number of ether oxygens (including phenoxy) is 1. The fourth-order valence-corrected chi connectivity index (χ4v) is 5.25. The van der Waals surface area contributed by atoms with Crippen molar-refractivity contribution in [2.24, 2.45) is 23.2 Å². The fraction of sp³-hybridized carbons (Fsp3) is 0.882. The van der Waals surface area contributed by atoms with Gasteiger partial charge < -0.3 is 10.1 Å². The second kappa shape index (κ2) is 4.72. The molecule has 4 bridgehead atoms. The second-order valence-corrected chi connectivity index (χ2v) is 8.03. The van der Waals surface area contributed by atoms with Crippen LogP contribution in [0.2, 0.25) is 0 Å². The van der Waals surface area contributed by atoms with Gasteiger partial charge in [-0.25, -0.2) is 0 Å². The quantitative estimate of drug-likeness (QED) is 0.809. The first-order valence-electron chi connectivity index (χ1n) is 8.55. The first kappa shape index (κ1) is 13.6. The van der Waals surface area contributed by atoms with Crippen molar-refractivity contribution in [1.82, 2.24) is 5.32 Å². The molecule has 0 radical (unpaired) electrons. The molecule has 0 heterocycles. The van der Waals surface area contributed by atoms with Gasteiger partial charge in [0.15, 0.2) is 6.10 Å². The molecule has 0 spiro atoms. The maximum absolute atomic E-state index is 12.7. The molecule has 0 unspecified atom stereocenters. The topological polar surface area (TPSA) is 55.4 Å². The number of hydrogen-bond acceptors (Lipinski definition) is 3. The molecule has 1 atom stereocenters. The highest BCUT2D eigenvalue weighted by Gasteiger charge is 2.55. The van der Waals surface area contributed by atoms with Gasteiger partial charge in [0.2, 0.25) is 0 Å². The molecule has 1 amide bonds. The summed E-state index contributed by atoms with van der Waals surface area (Å²) >= 11 is 0. The van der Waals surface area contributed by atoms with Crippen molar-refractivity contribution in [3.63, 3.8) is 0 Å². The smallest absolute Gasteiger partial charge is 0.312 e. The summed E-state index contributed by atoms with van der Waals surface area (Å²) in [6.07, 6.45) is 8.38. The van der Waals surface area contributed by atoms with Crippen LogP contribution in [0.3, 0.4) is 0 Å². The lowest BCUT2D eigenvalue weighted by atomic mass is 9.49. The second-order valence-electron chi connectivity index (χ2n) is 8.03. The molecule has 5 saturated carbocycles. The van der Waals surface area contributed by atoms with Crippen LogP contribution in [0.5, 0.6) is 0 Å². The lowest BCUT2D eigenvalue weighted by molar-refractivity contribution is -0.178. The zero-order valence-corrected chi connectivity index (χ0v) is 12.8. The van der Waals surface area contributed by atoms with Gasteiger partial charge in [-0.05, 0) is 76.0 Å². The van der Waals surface area contributed by atoms with E-state index in [2.05, 4.69) is 5.32 Å². The van der Waals surface area contributed by atoms with E-state index in [-0.39, 0.29) is 17.3 Å². The van der Waals surface area contributed by atoms with Gasteiger partial charge in [0, 0.05) is 6.04 Å². The average molecular weight is 291 g/mol. The maximum Gasteiger partial charge on any atom is 0.312 e. The van der Waals surface area contributed by atoms with E-state index < -0.39 is 6.10 Å². The minimum Gasteiger partial charge on any atom is -0.452 e. The summed E-state index contributed by atoms with van der Waals surface area (Å²) in [5, 5.41) is 2.92. The normalized spacial score (nSPS) is 41.7. The molecule has 21 heavy (non-hydrogen) atoms. The molecule has 5 fully saturated rings. The lowest BCUT2D eigenvalue weighted by Gasteiger charge is -2.55. The van der Waals surface area contributed by atoms with Gasteiger partial charge in [0.1, 0.15) is 0 Å². The van der Waals surface area contributed by atoms with Gasteiger partial charge >= 0.3 is 5.97 Å². The predicted octanol–water partition coefficient (Wildman–Crippen LogP) is 2.41. The number of esters is 1. The molecule has 116 valence electrons. The summed E-state index contributed by atoms with van der Waals surface area (Å²) in [5.41, 5.74) is -0.261. The first-order chi connectivity index (χ1) is 10.0. The molecule has 5 rings (SSSR count). The molecule has 4 heteroatoms. The predicted molar refractivity (Wildman–Crippen MR) is 77.3 cm³/mol. The highest BCUT2D eigenvalue weighted by molar-refractivity contribution is 5.85. The average Bonchev–Trinajstić information content (AvgIpc) is 3.20. The van der Waals surface area contributed by atoms with Crippen LogP contribution in [0, 0.1) is 23.2 Å². The van der Waals surface area contributed by atoms with Gasteiger partial charge in [0.25, 0.3) is 5.91 Å². The van der Waals surface area contributed by atoms with Crippen molar-refractivity contribution in [3.05, 3.63) is 0 Å². The fourth-order valence-electron chi connectivity index (χ4n) is 5.25. The molecule has 1 N–H and O–H groups in total. The van der Waals surface area contributed by atoms with Crippen LogP contribution in [0.4, 0.5) is 0 Å². The van der Waals surface area contributed by atoms with Crippen LogP contribution < -0.4 is 5.32 Å². The Morgan fingerprint density at radius 3 is 2.05 bits per heavy atom. The van der Waals surface area contributed by atoms with E-state index in [1.54, 1.807) is 6.92 Å². The van der Waals surface area contributed by atoms with Gasteiger partial charge in [-0.3, -0.25) is 9.59 Å². The van der Waals surface area contributed by atoms with Gasteiger partial charge in [0.05, 0.1) is 5.41 Å². The van der Waals surface area contributed by atoms with Gasteiger partial charge in [-0.2, -0.15) is 0 Å². The number of carbonyl (C=O) groups is 2. The Morgan fingerprint density at radius 1 is 1.05 bits per heavy atom. The molecular weight excluding hydrogens is 266 g/mol. The minimum absolute atomic E-state index is 0.0972. The SMILES string of the molecule is C[C@H](OC(=O)C12CC3CC(CC(C3)C1)C2)C(=O)NC1CC1. The summed E-state index contributed by atoms with van der Waals surface area (Å²) in [6.45, 7) is 1.70. The zero-order valence-electron chi connectivity index (χ0n) is 12.8. The van der Waals surface area contributed by atoms with E-state index in [0.717, 1.165) is 49.9 Å². The largest absolute Gasteiger partial charge is 0.452 e. The lowest BCUT2D eigenvalue weighted by Crippen LogP contribution is -2.51. The zero-order chi connectivity index (χ0) is 14.6. The maximum atomic E-state index is 12.7. The van der Waals surface area contributed by atoms with E-state index in [9.17, 15) is 9.59 Å². The Labute approximate surface area is 126 Å². The van der Waals surface area contributed by atoms with Crippen LogP contribution >= 0.6 is 0 Å². The Kier molecular flexibility index (Phi) is 3.05. The third-order valence-corrected chi connectivity index (χ3v) is 6.05. The molecule has 4 nitrogen and oxygen atoms in total. The van der Waals surface area contributed by atoms with Crippen molar-refractivity contribution >= 4 is 11.9 Å². The molecular formula is C17H25NO3. The molecule has 0 aromatic heterocycles. The Balaban J connectivity index is 1.41. The molecule has 5 aliphatic carbocycles. The molecule has 5 aliphatic rings. The van der Waals surface area contributed by atoms with E-state index in [1.807, 2.05) is 0 Å². The van der Waals surface area contributed by atoms with Crippen molar-refractivity contribution in [2.45, 2.75) is 70.4 Å². The van der Waals surface area contributed by atoms with Gasteiger partial charge in [-0.15, -0.1) is 0 Å². The third kappa shape index (κ3) is 2.47. The number of rotatable bonds is 4. The molecule has 0 aromatic carbocycles. The Hall–Kier alpha value is -1.06. The molecule has 0 aliphatic heterocycles. The van der Waals surface area contributed by atoms with E-state index in [4.69, 9.17) is 4.74 Å². The highest BCUT2D eigenvalue weighted by atomic mass is 16.5. The minimum atomic E-state index is -0.647. The van der Waals surface area contributed by atoms with Crippen molar-refractivity contribution in [3.8, 4) is 0 Å². The number of nitrogens with one attached hydrogen (secondary N) is 1. The Morgan fingerprint density at radius 2 is 1.57 bits per heavy atom. The van der Waals surface area contributed by atoms with Crippen LogP contribution in [0.1, 0.15) is 58.3 Å². The first-order valence-corrected chi connectivity index (χ1v) is 8.55. The number of amides is 1. The summed E-state index contributed by atoms with van der Waals surface area (Å²) in [7, 11) is 0. The highest BCUT2D eigenvalue weighted by Crippen LogP contribution is 2.60. The standard InChI is InChI=1S/C17H25NO3/c1-10(15(19)18-14-2-3-14)21-16(20)17-7-11-4-12(8-17)6-13(5-11)9-17/h10-14H,2-9H2,1H3,(H,18,19)/t10-,11?,12?,13?,17?/m0/s1. The van der Waals surface area contributed by atoms with Crippen LogP contribution in [-0.2, 0) is 14.3 Å². The van der Waals surface area contributed by atoms with Crippen LogP contribution in [0.25, 0.3) is 0 Å². The summed E-state index contributed by atoms with van der Waals surface area (Å²) in [6, 6.07) is 0.318. The van der Waals surface area contributed by atoms with Gasteiger partial charge in [-0.1, -0.05) is 0 Å². The monoisotopic (exact) mass is 291 g/mol. The van der Waals surface area contributed by atoms with Crippen molar-refractivity contribution in [2.75, 3.05) is 0 Å². The van der Waals surface area contributed by atoms with E-state index in [1.165, 1.54) is 19.3 Å². The third-order valence-electron chi connectivity index (χ3n) is 6.05. The Bertz CT molecular complexity index is 433. The molecule has 0 aromatic rings. The van der Waals surface area contributed by atoms with E-state index >= 15 is 0 Å². The number of hydrogen-bond donors (Lipinski definition) is 1. The van der Waals surface area contributed by atoms with E-state index in [0.29, 0.717) is 6.04 Å². The molecule has 0 saturated heterocycles. The van der Waals surface area contributed by atoms with Crippen molar-refractivity contribution in [1.29, 1.82) is 0 Å².